The number of amides is 1. The molecular weight excluding hydrogens is 333 g/mol. The molecule has 0 aliphatic rings. The summed E-state index contributed by atoms with van der Waals surface area (Å²) in [5.74, 6) is -1.19. The van der Waals surface area contributed by atoms with Crippen molar-refractivity contribution in [3.8, 4) is 0 Å². The van der Waals surface area contributed by atoms with Crippen LogP contribution in [0.5, 0.6) is 0 Å². The third kappa shape index (κ3) is 4.72. The highest BCUT2D eigenvalue weighted by Gasteiger charge is 2.24. The van der Waals surface area contributed by atoms with Crippen LogP contribution in [0.3, 0.4) is 0 Å². The van der Waals surface area contributed by atoms with E-state index in [1.54, 1.807) is 32.0 Å². The first-order valence-corrected chi connectivity index (χ1v) is 6.18. The van der Waals surface area contributed by atoms with Crippen molar-refractivity contribution in [2.24, 2.45) is 0 Å². The molecule has 1 amide bonds. The van der Waals surface area contributed by atoms with Gasteiger partial charge in [0.05, 0.1) is 6.42 Å². The van der Waals surface area contributed by atoms with Gasteiger partial charge in [-0.3, -0.25) is 9.59 Å². The Balaban J connectivity index is 2.75. The summed E-state index contributed by atoms with van der Waals surface area (Å²) < 4.78 is 0.964. The molecule has 92 valence electrons. The summed E-state index contributed by atoms with van der Waals surface area (Å²) in [6.45, 7) is 3.37. The fourth-order valence-corrected chi connectivity index (χ4v) is 1.97. The van der Waals surface area contributed by atoms with Crippen molar-refractivity contribution in [1.82, 2.24) is 5.32 Å². The number of aliphatic carboxylic acids is 1. The molecule has 0 aliphatic heterocycles. The van der Waals surface area contributed by atoms with Crippen molar-refractivity contribution in [1.29, 1.82) is 0 Å². The van der Waals surface area contributed by atoms with E-state index < -0.39 is 11.5 Å². The highest BCUT2D eigenvalue weighted by molar-refractivity contribution is 14.1. The average Bonchev–Trinajstić information content (AvgIpc) is 2.14. The van der Waals surface area contributed by atoms with Gasteiger partial charge in [0.1, 0.15) is 0 Å². The summed E-state index contributed by atoms with van der Waals surface area (Å²) >= 11 is 2.12. The molecule has 0 saturated heterocycles. The van der Waals surface area contributed by atoms with Gasteiger partial charge < -0.3 is 10.4 Å². The number of carboxylic acids is 1. The molecule has 0 atom stereocenters. The van der Waals surface area contributed by atoms with E-state index in [-0.39, 0.29) is 12.3 Å². The first-order chi connectivity index (χ1) is 7.80. The Labute approximate surface area is 114 Å². The molecule has 0 aromatic heterocycles. The van der Waals surface area contributed by atoms with Gasteiger partial charge in [-0.05, 0) is 54.6 Å². The minimum Gasteiger partial charge on any atom is -0.481 e. The zero-order chi connectivity index (χ0) is 13.1. The van der Waals surface area contributed by atoms with E-state index in [1.165, 1.54) is 0 Å². The van der Waals surface area contributed by atoms with Crippen molar-refractivity contribution in [3.05, 3.63) is 33.4 Å². The van der Waals surface area contributed by atoms with Crippen LogP contribution in [0.15, 0.2) is 24.3 Å². The minimum atomic E-state index is -0.932. The van der Waals surface area contributed by atoms with Crippen LogP contribution in [-0.2, 0) is 4.79 Å². The lowest BCUT2D eigenvalue weighted by atomic mass is 10.00. The Kier molecular flexibility index (Phi) is 4.50. The molecule has 0 bridgehead atoms. The van der Waals surface area contributed by atoms with Gasteiger partial charge in [-0.15, -0.1) is 0 Å². The van der Waals surface area contributed by atoms with Crippen LogP contribution in [0.1, 0.15) is 30.6 Å². The van der Waals surface area contributed by atoms with E-state index >= 15 is 0 Å². The molecule has 0 saturated carbocycles. The van der Waals surface area contributed by atoms with Gasteiger partial charge in [-0.2, -0.15) is 0 Å². The summed E-state index contributed by atoms with van der Waals surface area (Å²) in [5, 5.41) is 11.4. The number of benzene rings is 1. The molecule has 2 N–H and O–H groups in total. The second-order valence-corrected chi connectivity index (χ2v) is 5.66. The van der Waals surface area contributed by atoms with Crippen LogP contribution in [0, 0.1) is 3.57 Å². The van der Waals surface area contributed by atoms with Gasteiger partial charge in [0.15, 0.2) is 0 Å². The van der Waals surface area contributed by atoms with Gasteiger partial charge in [0.25, 0.3) is 5.91 Å². The van der Waals surface area contributed by atoms with Crippen LogP contribution in [0.2, 0.25) is 0 Å². The number of carbonyl (C=O) groups is 2. The maximum Gasteiger partial charge on any atom is 0.305 e. The standard InChI is InChI=1S/C12H14INO3/c1-12(2,7-10(15)16)14-11(17)8-4-3-5-9(13)6-8/h3-6H,7H2,1-2H3,(H,14,17)(H,15,16). The molecule has 1 aromatic rings. The zero-order valence-corrected chi connectivity index (χ0v) is 11.8. The summed E-state index contributed by atoms with van der Waals surface area (Å²) in [4.78, 5) is 22.5. The molecular formula is C12H14INO3. The third-order valence-electron chi connectivity index (χ3n) is 2.13. The number of carboxylic acid groups (broad SMARTS) is 1. The SMILES string of the molecule is CC(C)(CC(=O)O)NC(=O)c1cccc(I)c1. The number of rotatable bonds is 4. The Hall–Kier alpha value is -1.11. The topological polar surface area (TPSA) is 66.4 Å². The van der Waals surface area contributed by atoms with Crippen LogP contribution in [0.25, 0.3) is 0 Å². The summed E-state index contributed by atoms with van der Waals surface area (Å²) in [6.07, 6.45) is -0.108. The normalized spacial score (nSPS) is 11.0. The molecule has 0 aliphatic carbocycles. The lowest BCUT2D eigenvalue weighted by Gasteiger charge is -2.24. The Morgan fingerprint density at radius 2 is 2.06 bits per heavy atom. The van der Waals surface area contributed by atoms with E-state index in [1.807, 2.05) is 6.07 Å². The van der Waals surface area contributed by atoms with Gasteiger partial charge in [0.2, 0.25) is 0 Å². The Morgan fingerprint density at radius 3 is 2.59 bits per heavy atom. The first kappa shape index (κ1) is 14.0. The molecule has 0 radical (unpaired) electrons. The van der Waals surface area contributed by atoms with Gasteiger partial charge >= 0.3 is 5.97 Å². The second-order valence-electron chi connectivity index (χ2n) is 4.42. The van der Waals surface area contributed by atoms with E-state index in [9.17, 15) is 9.59 Å². The maximum atomic E-state index is 11.9. The number of nitrogens with one attached hydrogen (secondary N) is 1. The number of hydrogen-bond acceptors (Lipinski definition) is 2. The number of halogens is 1. The zero-order valence-electron chi connectivity index (χ0n) is 9.66. The van der Waals surface area contributed by atoms with Crippen LogP contribution >= 0.6 is 22.6 Å². The molecule has 1 rings (SSSR count). The van der Waals surface area contributed by atoms with E-state index in [2.05, 4.69) is 27.9 Å². The minimum absolute atomic E-state index is 0.108. The predicted molar refractivity (Wildman–Crippen MR) is 73.0 cm³/mol. The highest BCUT2D eigenvalue weighted by atomic mass is 127. The largest absolute Gasteiger partial charge is 0.481 e. The van der Waals surface area contributed by atoms with Crippen LogP contribution in [-0.4, -0.2) is 22.5 Å². The lowest BCUT2D eigenvalue weighted by Crippen LogP contribution is -2.44. The predicted octanol–water partition coefficient (Wildman–Crippen LogP) is 2.27. The van der Waals surface area contributed by atoms with Crippen molar-refractivity contribution in [2.45, 2.75) is 25.8 Å². The van der Waals surface area contributed by atoms with Crippen LogP contribution in [0.4, 0.5) is 0 Å². The molecule has 4 nitrogen and oxygen atoms in total. The molecule has 1 aromatic carbocycles. The Morgan fingerprint density at radius 1 is 1.41 bits per heavy atom. The van der Waals surface area contributed by atoms with Crippen molar-refractivity contribution >= 4 is 34.5 Å². The smallest absolute Gasteiger partial charge is 0.305 e. The fraction of sp³-hybridized carbons (Fsp3) is 0.333. The van der Waals surface area contributed by atoms with Crippen molar-refractivity contribution < 1.29 is 14.7 Å². The molecule has 0 unspecified atom stereocenters. The maximum absolute atomic E-state index is 11.9. The highest BCUT2D eigenvalue weighted by Crippen LogP contribution is 2.12. The molecule has 0 fully saturated rings. The van der Waals surface area contributed by atoms with Crippen LogP contribution < -0.4 is 5.32 Å². The Bertz CT molecular complexity index is 443. The molecule has 0 spiro atoms. The molecule has 5 heteroatoms. The van der Waals surface area contributed by atoms with Gasteiger partial charge in [-0.1, -0.05) is 6.07 Å². The summed E-state index contributed by atoms with van der Waals surface area (Å²) in [5.41, 5.74) is -0.222. The quantitative estimate of drug-likeness (QED) is 0.822. The van der Waals surface area contributed by atoms with Gasteiger partial charge in [-0.25, -0.2) is 0 Å². The summed E-state index contributed by atoms with van der Waals surface area (Å²) in [6, 6.07) is 7.14. The number of carbonyl (C=O) groups excluding carboxylic acids is 1. The fourth-order valence-electron chi connectivity index (χ4n) is 1.43. The molecule has 17 heavy (non-hydrogen) atoms. The first-order valence-electron chi connectivity index (χ1n) is 5.10. The van der Waals surface area contributed by atoms with E-state index in [4.69, 9.17) is 5.11 Å². The van der Waals surface area contributed by atoms with E-state index in [0.717, 1.165) is 3.57 Å². The number of hydrogen-bond donors (Lipinski definition) is 2. The van der Waals surface area contributed by atoms with Crippen molar-refractivity contribution in [3.63, 3.8) is 0 Å². The average molecular weight is 347 g/mol. The molecule has 0 heterocycles. The monoisotopic (exact) mass is 347 g/mol. The van der Waals surface area contributed by atoms with Gasteiger partial charge in [0, 0.05) is 14.7 Å². The third-order valence-corrected chi connectivity index (χ3v) is 2.80. The summed E-state index contributed by atoms with van der Waals surface area (Å²) in [7, 11) is 0. The second kappa shape index (κ2) is 5.48. The van der Waals surface area contributed by atoms with Crippen molar-refractivity contribution in [2.75, 3.05) is 0 Å². The lowest BCUT2D eigenvalue weighted by molar-refractivity contribution is -0.138. The van der Waals surface area contributed by atoms with E-state index in [0.29, 0.717) is 5.56 Å².